The maximum atomic E-state index is 12.8. The number of rotatable bonds is 2. The van der Waals surface area contributed by atoms with E-state index in [1.807, 2.05) is 0 Å². The summed E-state index contributed by atoms with van der Waals surface area (Å²) in [4.78, 5) is 0. The van der Waals surface area contributed by atoms with Crippen molar-refractivity contribution in [2.45, 2.75) is 13.1 Å². The summed E-state index contributed by atoms with van der Waals surface area (Å²) in [6.45, 7) is 1.54. The van der Waals surface area contributed by atoms with E-state index in [1.54, 1.807) is 31.3 Å². The molecule has 0 amide bonds. The second-order valence-electron chi connectivity index (χ2n) is 3.88. The van der Waals surface area contributed by atoms with Crippen molar-refractivity contribution in [2.24, 2.45) is 0 Å². The molecule has 0 bridgehead atoms. The molecule has 1 heterocycles. The fourth-order valence-corrected chi connectivity index (χ4v) is 1.67. The van der Waals surface area contributed by atoms with Crippen LogP contribution in [0.4, 0.5) is 18.9 Å². The van der Waals surface area contributed by atoms with E-state index >= 15 is 0 Å². The van der Waals surface area contributed by atoms with Crippen molar-refractivity contribution in [3.8, 4) is 5.69 Å². The average Bonchev–Trinajstić information content (AvgIpc) is 2.71. The zero-order valence-electron chi connectivity index (χ0n) is 9.92. The van der Waals surface area contributed by atoms with Gasteiger partial charge in [-0.25, -0.2) is 4.68 Å². The molecule has 1 aromatic heterocycles. The van der Waals surface area contributed by atoms with Crippen LogP contribution in [0, 0.1) is 6.92 Å². The van der Waals surface area contributed by atoms with Gasteiger partial charge < -0.3 is 5.32 Å². The van der Waals surface area contributed by atoms with Gasteiger partial charge in [0.25, 0.3) is 0 Å². The van der Waals surface area contributed by atoms with Crippen LogP contribution in [-0.4, -0.2) is 16.8 Å². The van der Waals surface area contributed by atoms with Crippen molar-refractivity contribution in [3.05, 3.63) is 41.7 Å². The van der Waals surface area contributed by atoms with E-state index in [0.717, 1.165) is 16.4 Å². The highest BCUT2D eigenvalue weighted by atomic mass is 19.4. The Balaban J connectivity index is 2.49. The van der Waals surface area contributed by atoms with E-state index in [9.17, 15) is 13.2 Å². The van der Waals surface area contributed by atoms with Crippen molar-refractivity contribution in [1.82, 2.24) is 9.78 Å². The smallest absolute Gasteiger partial charge is 0.388 e. The van der Waals surface area contributed by atoms with E-state index < -0.39 is 11.9 Å². The van der Waals surface area contributed by atoms with Crippen LogP contribution in [-0.2, 0) is 6.18 Å². The predicted molar refractivity (Wildman–Crippen MR) is 62.8 cm³/mol. The van der Waals surface area contributed by atoms with Crippen molar-refractivity contribution in [3.63, 3.8) is 0 Å². The van der Waals surface area contributed by atoms with Gasteiger partial charge in [-0.15, -0.1) is 0 Å². The predicted octanol–water partition coefficient (Wildman–Crippen LogP) is 3.24. The van der Waals surface area contributed by atoms with Crippen molar-refractivity contribution in [1.29, 1.82) is 0 Å². The van der Waals surface area contributed by atoms with Crippen molar-refractivity contribution in [2.75, 3.05) is 12.4 Å². The summed E-state index contributed by atoms with van der Waals surface area (Å²) in [6.07, 6.45) is -4.41. The number of alkyl halides is 3. The molecule has 0 aliphatic carbocycles. The minimum absolute atomic E-state index is 0.333. The molecule has 0 unspecified atom stereocenters. The highest BCUT2D eigenvalue weighted by Crippen LogP contribution is 2.31. The molecule has 0 saturated carbocycles. The molecule has 0 aliphatic heterocycles. The lowest BCUT2D eigenvalue weighted by atomic mass is 10.2. The molecule has 2 aromatic rings. The highest BCUT2D eigenvalue weighted by molar-refractivity contribution is 5.48. The molecule has 18 heavy (non-hydrogen) atoms. The third kappa shape index (κ3) is 2.32. The molecule has 0 fully saturated rings. The fraction of sp³-hybridized carbons (Fsp3) is 0.250. The van der Waals surface area contributed by atoms with Gasteiger partial charge in [-0.1, -0.05) is 0 Å². The topological polar surface area (TPSA) is 29.9 Å². The van der Waals surface area contributed by atoms with E-state index in [0.29, 0.717) is 11.4 Å². The first kappa shape index (κ1) is 12.5. The Morgan fingerprint density at radius 2 is 1.78 bits per heavy atom. The van der Waals surface area contributed by atoms with Gasteiger partial charge in [0.05, 0.1) is 11.4 Å². The van der Waals surface area contributed by atoms with Crippen molar-refractivity contribution >= 4 is 5.69 Å². The first-order valence-corrected chi connectivity index (χ1v) is 5.34. The van der Waals surface area contributed by atoms with Crippen LogP contribution in [0.25, 0.3) is 5.69 Å². The summed E-state index contributed by atoms with van der Waals surface area (Å²) in [5.41, 5.74) is 0.780. The second kappa shape index (κ2) is 4.36. The standard InChI is InChI=1S/C12H12F3N3/c1-8-7-11(12(13,14)15)18(17-8)10-5-3-9(16-2)4-6-10/h3-7,16H,1-2H3. The van der Waals surface area contributed by atoms with E-state index in [2.05, 4.69) is 10.4 Å². The van der Waals surface area contributed by atoms with Crippen LogP contribution in [0.2, 0.25) is 0 Å². The Kier molecular flexibility index (Phi) is 3.02. The van der Waals surface area contributed by atoms with Gasteiger partial charge in [0.15, 0.2) is 0 Å². The molecule has 0 aliphatic rings. The summed E-state index contributed by atoms with van der Waals surface area (Å²) < 4.78 is 39.4. The normalized spacial score (nSPS) is 11.6. The van der Waals surface area contributed by atoms with E-state index in [4.69, 9.17) is 0 Å². The zero-order chi connectivity index (χ0) is 13.3. The minimum atomic E-state index is -4.41. The zero-order valence-corrected chi connectivity index (χ0v) is 9.92. The molecule has 1 N–H and O–H groups in total. The largest absolute Gasteiger partial charge is 0.433 e. The molecule has 0 atom stereocenters. The van der Waals surface area contributed by atoms with E-state index in [-0.39, 0.29) is 0 Å². The molecule has 3 nitrogen and oxygen atoms in total. The van der Waals surface area contributed by atoms with Gasteiger partial charge in [-0.3, -0.25) is 0 Å². The molecular formula is C12H12F3N3. The minimum Gasteiger partial charge on any atom is -0.388 e. The number of aryl methyl sites for hydroxylation is 1. The summed E-state index contributed by atoms with van der Waals surface area (Å²) in [7, 11) is 1.74. The van der Waals surface area contributed by atoms with Crippen LogP contribution in [0.1, 0.15) is 11.4 Å². The molecule has 2 rings (SSSR count). The van der Waals surface area contributed by atoms with Gasteiger partial charge in [-0.2, -0.15) is 18.3 Å². The molecule has 0 saturated heterocycles. The van der Waals surface area contributed by atoms with Gasteiger partial charge in [0.2, 0.25) is 0 Å². The third-order valence-electron chi connectivity index (χ3n) is 2.52. The second-order valence-corrected chi connectivity index (χ2v) is 3.88. The number of aromatic nitrogens is 2. The maximum Gasteiger partial charge on any atom is 0.433 e. The number of nitrogens with zero attached hydrogens (tertiary/aromatic N) is 2. The van der Waals surface area contributed by atoms with Crippen LogP contribution in [0.3, 0.4) is 0 Å². The third-order valence-corrected chi connectivity index (χ3v) is 2.52. The summed E-state index contributed by atoms with van der Waals surface area (Å²) in [5.74, 6) is 0. The highest BCUT2D eigenvalue weighted by Gasteiger charge is 2.35. The summed E-state index contributed by atoms with van der Waals surface area (Å²) >= 11 is 0. The Hall–Kier alpha value is -1.98. The lowest BCUT2D eigenvalue weighted by Gasteiger charge is -2.10. The van der Waals surface area contributed by atoms with Gasteiger partial charge in [0, 0.05) is 12.7 Å². The van der Waals surface area contributed by atoms with Gasteiger partial charge in [-0.05, 0) is 37.3 Å². The summed E-state index contributed by atoms with van der Waals surface area (Å²) in [6, 6.07) is 7.62. The van der Waals surface area contributed by atoms with Crippen LogP contribution in [0.15, 0.2) is 30.3 Å². The van der Waals surface area contributed by atoms with Gasteiger partial charge >= 0.3 is 6.18 Å². The lowest BCUT2D eigenvalue weighted by molar-refractivity contribution is -0.142. The molecule has 96 valence electrons. The quantitative estimate of drug-likeness (QED) is 0.892. The van der Waals surface area contributed by atoms with Gasteiger partial charge in [0.1, 0.15) is 5.69 Å². The Labute approximate surface area is 102 Å². The number of halogens is 3. The number of nitrogens with one attached hydrogen (secondary N) is 1. The molecule has 6 heteroatoms. The Morgan fingerprint density at radius 1 is 1.17 bits per heavy atom. The molecule has 0 spiro atoms. The number of hydrogen-bond acceptors (Lipinski definition) is 2. The monoisotopic (exact) mass is 255 g/mol. The Morgan fingerprint density at radius 3 is 2.28 bits per heavy atom. The fourth-order valence-electron chi connectivity index (χ4n) is 1.67. The number of anilines is 1. The van der Waals surface area contributed by atoms with Crippen LogP contribution < -0.4 is 5.32 Å². The SMILES string of the molecule is CNc1ccc(-n2nc(C)cc2C(F)(F)F)cc1. The number of benzene rings is 1. The van der Waals surface area contributed by atoms with Crippen LogP contribution in [0.5, 0.6) is 0 Å². The first-order chi connectivity index (χ1) is 8.41. The number of hydrogen-bond donors (Lipinski definition) is 1. The molecule has 1 aromatic carbocycles. The maximum absolute atomic E-state index is 12.8. The van der Waals surface area contributed by atoms with E-state index in [1.165, 1.54) is 6.92 Å². The average molecular weight is 255 g/mol. The summed E-state index contributed by atoms with van der Waals surface area (Å²) in [5, 5.41) is 6.78. The first-order valence-electron chi connectivity index (χ1n) is 5.34. The Bertz CT molecular complexity index is 541. The molecular weight excluding hydrogens is 243 g/mol. The molecule has 0 radical (unpaired) electrons. The lowest BCUT2D eigenvalue weighted by Crippen LogP contribution is -2.13. The van der Waals surface area contributed by atoms with Crippen molar-refractivity contribution < 1.29 is 13.2 Å². The van der Waals surface area contributed by atoms with Crippen LogP contribution >= 0.6 is 0 Å².